The molecule has 0 radical (unpaired) electrons. The zero-order valence-electron chi connectivity index (χ0n) is 5.73. The highest BCUT2D eigenvalue weighted by Gasteiger charge is 2.21. The van der Waals surface area contributed by atoms with Gasteiger partial charge in [0.05, 0.1) is 0 Å². The summed E-state index contributed by atoms with van der Waals surface area (Å²) in [5.41, 5.74) is 0.694. The first-order valence-corrected chi connectivity index (χ1v) is 3.86. The maximum absolute atomic E-state index is 5.59. The second-order valence-electron chi connectivity index (χ2n) is 1.86. The Morgan fingerprint density at radius 1 is 0.909 bits per heavy atom. The third-order valence-corrected chi connectivity index (χ3v) is 1.76. The molecule has 0 saturated heterocycles. The monoisotopic (exact) mass is 211 g/mol. The van der Waals surface area contributed by atoms with Gasteiger partial charge in [-0.1, -0.05) is 65.1 Å². The largest absolute Gasteiger partial charge is 0.344 e. The molecule has 1 nitrogen and oxygen atoms in total. The number of halogens is 3. The van der Waals surface area contributed by atoms with Crippen molar-refractivity contribution in [1.82, 2.24) is 6.15 Å². The van der Waals surface area contributed by atoms with Gasteiger partial charge in [0.1, 0.15) is 0 Å². The van der Waals surface area contributed by atoms with Crippen molar-refractivity contribution < 1.29 is 0 Å². The summed E-state index contributed by atoms with van der Waals surface area (Å²) in [5, 5.41) is 0. The summed E-state index contributed by atoms with van der Waals surface area (Å²) in [6.45, 7) is 0. The Morgan fingerprint density at radius 2 is 1.36 bits per heavy atom. The van der Waals surface area contributed by atoms with Crippen molar-refractivity contribution in [3.63, 3.8) is 0 Å². The van der Waals surface area contributed by atoms with Crippen LogP contribution < -0.4 is 6.15 Å². The van der Waals surface area contributed by atoms with E-state index in [0.29, 0.717) is 5.56 Å². The van der Waals surface area contributed by atoms with Gasteiger partial charge in [0, 0.05) is 5.56 Å². The van der Waals surface area contributed by atoms with Gasteiger partial charge in [-0.05, 0) is 0 Å². The van der Waals surface area contributed by atoms with Gasteiger partial charge in [-0.25, -0.2) is 0 Å². The predicted molar refractivity (Wildman–Crippen MR) is 50.7 cm³/mol. The molecule has 0 unspecified atom stereocenters. The fourth-order valence-corrected chi connectivity index (χ4v) is 1.01. The van der Waals surface area contributed by atoms with Crippen LogP contribution in [0.5, 0.6) is 0 Å². The van der Waals surface area contributed by atoms with E-state index in [0.717, 1.165) is 0 Å². The van der Waals surface area contributed by atoms with Crippen LogP contribution >= 0.6 is 34.8 Å². The predicted octanol–water partition coefficient (Wildman–Crippen LogP) is 3.68. The Hall–Kier alpha value is 0.0500. The van der Waals surface area contributed by atoms with Gasteiger partial charge in [0.2, 0.25) is 3.79 Å². The van der Waals surface area contributed by atoms with E-state index in [1.54, 1.807) is 12.1 Å². The molecular weight excluding hydrogens is 204 g/mol. The lowest BCUT2D eigenvalue weighted by Crippen LogP contribution is -1.98. The van der Waals surface area contributed by atoms with Crippen molar-refractivity contribution in [3.05, 3.63) is 35.9 Å². The molecule has 62 valence electrons. The lowest BCUT2D eigenvalue weighted by Gasteiger charge is -2.09. The zero-order chi connectivity index (χ0) is 7.61. The highest BCUT2D eigenvalue weighted by molar-refractivity contribution is 6.66. The van der Waals surface area contributed by atoms with Gasteiger partial charge in [-0.15, -0.1) is 0 Å². The first kappa shape index (κ1) is 11.1. The van der Waals surface area contributed by atoms with E-state index in [1.165, 1.54) is 0 Å². The van der Waals surface area contributed by atoms with Crippen LogP contribution in [0.15, 0.2) is 30.3 Å². The highest BCUT2D eigenvalue weighted by Crippen LogP contribution is 2.37. The zero-order valence-corrected chi connectivity index (χ0v) is 8.00. The summed E-state index contributed by atoms with van der Waals surface area (Å²) < 4.78 is -1.29. The molecule has 1 rings (SSSR count). The number of hydrogen-bond acceptors (Lipinski definition) is 1. The van der Waals surface area contributed by atoms with Gasteiger partial charge in [0.15, 0.2) is 0 Å². The fraction of sp³-hybridized carbons (Fsp3) is 0.143. The Balaban J connectivity index is 0.000001000. The molecule has 11 heavy (non-hydrogen) atoms. The number of alkyl halides is 3. The van der Waals surface area contributed by atoms with Gasteiger partial charge in [-0.3, -0.25) is 0 Å². The molecule has 3 N–H and O–H groups in total. The smallest absolute Gasteiger partial charge is 0.216 e. The van der Waals surface area contributed by atoms with Gasteiger partial charge < -0.3 is 6.15 Å². The summed E-state index contributed by atoms with van der Waals surface area (Å²) in [5.74, 6) is 0. The molecule has 0 bridgehead atoms. The summed E-state index contributed by atoms with van der Waals surface area (Å²) >= 11 is 16.8. The van der Waals surface area contributed by atoms with Crippen molar-refractivity contribution in [2.75, 3.05) is 0 Å². The van der Waals surface area contributed by atoms with Crippen LogP contribution in [0.1, 0.15) is 5.56 Å². The van der Waals surface area contributed by atoms with Crippen LogP contribution in [0.3, 0.4) is 0 Å². The Bertz CT molecular complexity index is 205. The van der Waals surface area contributed by atoms with Crippen LogP contribution in [0, 0.1) is 0 Å². The van der Waals surface area contributed by atoms with Crippen molar-refractivity contribution in [2.45, 2.75) is 3.79 Å². The summed E-state index contributed by atoms with van der Waals surface area (Å²) in [4.78, 5) is 0. The van der Waals surface area contributed by atoms with Crippen molar-refractivity contribution in [2.24, 2.45) is 0 Å². The van der Waals surface area contributed by atoms with E-state index in [2.05, 4.69) is 0 Å². The van der Waals surface area contributed by atoms with E-state index in [4.69, 9.17) is 34.8 Å². The first-order valence-electron chi connectivity index (χ1n) is 2.73. The Morgan fingerprint density at radius 3 is 1.64 bits per heavy atom. The summed E-state index contributed by atoms with van der Waals surface area (Å²) in [6, 6.07) is 9.08. The lowest BCUT2D eigenvalue weighted by atomic mass is 10.2. The molecule has 0 heterocycles. The van der Waals surface area contributed by atoms with E-state index in [9.17, 15) is 0 Å². The number of hydrogen-bond donors (Lipinski definition) is 1. The van der Waals surface area contributed by atoms with Crippen LogP contribution in [0.2, 0.25) is 0 Å². The highest BCUT2D eigenvalue weighted by atomic mass is 35.6. The van der Waals surface area contributed by atoms with Crippen molar-refractivity contribution in [3.8, 4) is 0 Å². The Labute approximate surface area is 80.8 Å². The molecule has 0 aliphatic heterocycles. The third kappa shape index (κ3) is 3.30. The minimum atomic E-state index is -1.29. The molecule has 0 spiro atoms. The second kappa shape index (κ2) is 4.17. The maximum Gasteiger partial charge on any atom is 0.216 e. The molecule has 0 atom stereocenters. The molecule has 1 aromatic rings. The van der Waals surface area contributed by atoms with Gasteiger partial charge in [0.25, 0.3) is 0 Å². The number of benzene rings is 1. The van der Waals surface area contributed by atoms with E-state index >= 15 is 0 Å². The molecule has 0 aromatic heterocycles. The molecule has 4 heteroatoms. The van der Waals surface area contributed by atoms with Gasteiger partial charge in [-0.2, -0.15) is 0 Å². The minimum absolute atomic E-state index is 0. The van der Waals surface area contributed by atoms with E-state index in [1.807, 2.05) is 18.2 Å². The minimum Gasteiger partial charge on any atom is -0.344 e. The van der Waals surface area contributed by atoms with Crippen LogP contribution in [0.25, 0.3) is 0 Å². The molecule has 0 saturated carbocycles. The molecule has 0 amide bonds. The molecule has 1 aromatic carbocycles. The molecule has 0 fully saturated rings. The van der Waals surface area contributed by atoms with Crippen LogP contribution in [0.4, 0.5) is 0 Å². The fourth-order valence-electron chi connectivity index (χ4n) is 0.627. The maximum atomic E-state index is 5.59. The summed E-state index contributed by atoms with van der Waals surface area (Å²) in [7, 11) is 0. The third-order valence-electron chi connectivity index (χ3n) is 1.10. The van der Waals surface area contributed by atoms with E-state index in [-0.39, 0.29) is 6.15 Å². The standard InChI is InChI=1S/C7H5Cl3.H3N/c8-7(9,10)6-4-2-1-3-5-6;/h1-5H;1H3. The average molecular weight is 213 g/mol. The molecule has 0 aliphatic carbocycles. The molecule has 0 aliphatic rings. The Kier molecular flexibility index (Phi) is 4.19. The second-order valence-corrected chi connectivity index (χ2v) is 4.15. The van der Waals surface area contributed by atoms with Crippen LogP contribution in [-0.2, 0) is 3.79 Å². The first-order chi connectivity index (χ1) is 4.61. The normalized spacial score (nSPS) is 10.5. The summed E-state index contributed by atoms with van der Waals surface area (Å²) in [6.07, 6.45) is 0. The lowest BCUT2D eigenvalue weighted by molar-refractivity contribution is 1.24. The van der Waals surface area contributed by atoms with Crippen LogP contribution in [-0.4, -0.2) is 0 Å². The quantitative estimate of drug-likeness (QED) is 0.654. The van der Waals surface area contributed by atoms with E-state index < -0.39 is 3.79 Å². The van der Waals surface area contributed by atoms with Crippen molar-refractivity contribution >= 4 is 34.8 Å². The van der Waals surface area contributed by atoms with Crippen molar-refractivity contribution in [1.29, 1.82) is 0 Å². The topological polar surface area (TPSA) is 35.0 Å². The van der Waals surface area contributed by atoms with Gasteiger partial charge >= 0.3 is 0 Å². The average Bonchev–Trinajstić information content (AvgIpc) is 1.88. The number of rotatable bonds is 0. The molecular formula is C7H8Cl3N. The SMILES string of the molecule is ClC(Cl)(Cl)c1ccccc1.N.